The van der Waals surface area contributed by atoms with Crippen molar-refractivity contribution in [1.29, 1.82) is 0 Å². The Morgan fingerprint density at radius 1 is 1.25 bits per heavy atom. The summed E-state index contributed by atoms with van der Waals surface area (Å²) in [6.45, 7) is 2.24. The Hall–Kier alpha value is -2.61. The highest BCUT2D eigenvalue weighted by Gasteiger charge is 2.27. The van der Waals surface area contributed by atoms with Crippen LogP contribution in [0.25, 0.3) is 0 Å². The third-order valence-corrected chi connectivity index (χ3v) is 4.11. The van der Waals surface area contributed by atoms with Gasteiger partial charge in [-0.05, 0) is 24.3 Å². The van der Waals surface area contributed by atoms with E-state index in [1.165, 1.54) is 0 Å². The van der Waals surface area contributed by atoms with Crippen LogP contribution in [-0.2, 0) is 9.53 Å². The number of aliphatic carboxylic acids is 1. The molecule has 0 aliphatic carbocycles. The van der Waals surface area contributed by atoms with Gasteiger partial charge in [-0.2, -0.15) is 0 Å². The fourth-order valence-corrected chi connectivity index (χ4v) is 2.91. The number of ether oxygens (including phenoxy) is 1. The smallest absolute Gasteiger partial charge is 0.321 e. The Morgan fingerprint density at radius 2 is 2.00 bits per heavy atom. The summed E-state index contributed by atoms with van der Waals surface area (Å²) < 4.78 is 5.38. The maximum absolute atomic E-state index is 12.6. The number of carboxylic acid groups (broad SMARTS) is 1. The molecule has 0 radical (unpaired) electrons. The van der Waals surface area contributed by atoms with Crippen molar-refractivity contribution in [3.8, 4) is 0 Å². The molecular formula is C16H19N3O5. The van der Waals surface area contributed by atoms with Gasteiger partial charge in [-0.25, -0.2) is 4.79 Å². The molecule has 8 heteroatoms. The zero-order valence-corrected chi connectivity index (χ0v) is 13.1. The molecule has 128 valence electrons. The Bertz CT molecular complexity index is 646. The van der Waals surface area contributed by atoms with Gasteiger partial charge in [0.05, 0.1) is 19.1 Å². The van der Waals surface area contributed by atoms with Gasteiger partial charge in [-0.3, -0.25) is 14.5 Å². The molecule has 1 aromatic carbocycles. The number of nitrogens with one attached hydrogen (secondary N) is 1. The third kappa shape index (κ3) is 3.48. The monoisotopic (exact) mass is 333 g/mol. The summed E-state index contributed by atoms with van der Waals surface area (Å²) in [6, 6.07) is 6.72. The lowest BCUT2D eigenvalue weighted by molar-refractivity contribution is -0.141. The first-order valence-electron chi connectivity index (χ1n) is 7.82. The summed E-state index contributed by atoms with van der Waals surface area (Å²) in [4.78, 5) is 38.2. The van der Waals surface area contributed by atoms with Gasteiger partial charge >= 0.3 is 12.0 Å². The van der Waals surface area contributed by atoms with Gasteiger partial charge in [0.15, 0.2) is 0 Å². The number of rotatable bonds is 4. The quantitative estimate of drug-likeness (QED) is 0.837. The van der Waals surface area contributed by atoms with Gasteiger partial charge in [0.2, 0.25) is 0 Å². The van der Waals surface area contributed by atoms with Gasteiger partial charge in [0, 0.05) is 37.4 Å². The summed E-state index contributed by atoms with van der Waals surface area (Å²) in [5.74, 6) is -1.10. The second kappa shape index (κ2) is 6.88. The van der Waals surface area contributed by atoms with Crippen LogP contribution in [0.3, 0.4) is 0 Å². The van der Waals surface area contributed by atoms with E-state index in [1.54, 1.807) is 34.1 Å². The average Bonchev–Trinajstić information content (AvgIpc) is 3.00. The van der Waals surface area contributed by atoms with E-state index in [9.17, 15) is 14.4 Å². The Kier molecular flexibility index (Phi) is 4.66. The molecule has 2 N–H and O–H groups in total. The van der Waals surface area contributed by atoms with Crippen LogP contribution >= 0.6 is 0 Å². The van der Waals surface area contributed by atoms with Crippen LogP contribution in [0.15, 0.2) is 24.3 Å². The standard InChI is InChI=1S/C16H19N3O5/c20-14(21)9-13-10-18(7-8-24-13)15(22)11-1-3-12(4-2-11)19-6-5-17-16(19)23/h1-4,13H,5-10H2,(H,17,23)(H,20,21). The van der Waals surface area contributed by atoms with E-state index in [1.807, 2.05) is 0 Å². The fraction of sp³-hybridized carbons (Fsp3) is 0.438. The number of anilines is 1. The summed E-state index contributed by atoms with van der Waals surface area (Å²) in [5, 5.41) is 11.6. The highest BCUT2D eigenvalue weighted by atomic mass is 16.5. The number of urea groups is 1. The predicted molar refractivity (Wildman–Crippen MR) is 85.1 cm³/mol. The number of morpholine rings is 1. The van der Waals surface area contributed by atoms with Crippen LogP contribution in [-0.4, -0.2) is 66.8 Å². The molecule has 1 atom stereocenters. The Balaban J connectivity index is 1.66. The lowest BCUT2D eigenvalue weighted by Crippen LogP contribution is -2.46. The number of hydrogen-bond donors (Lipinski definition) is 2. The van der Waals surface area contributed by atoms with Crippen molar-refractivity contribution in [3.05, 3.63) is 29.8 Å². The Morgan fingerprint density at radius 3 is 2.62 bits per heavy atom. The second-order valence-corrected chi connectivity index (χ2v) is 5.77. The average molecular weight is 333 g/mol. The fourth-order valence-electron chi connectivity index (χ4n) is 2.91. The van der Waals surface area contributed by atoms with Crippen molar-refractivity contribution in [2.75, 3.05) is 37.7 Å². The van der Waals surface area contributed by atoms with Gasteiger partial charge in [0.25, 0.3) is 5.91 Å². The molecule has 3 rings (SSSR count). The molecule has 1 aromatic rings. The van der Waals surface area contributed by atoms with Crippen LogP contribution in [0.5, 0.6) is 0 Å². The van der Waals surface area contributed by atoms with Crippen molar-refractivity contribution in [2.45, 2.75) is 12.5 Å². The van der Waals surface area contributed by atoms with Gasteiger partial charge in [-0.1, -0.05) is 0 Å². The molecule has 1 unspecified atom stereocenters. The molecule has 3 amide bonds. The first-order valence-corrected chi connectivity index (χ1v) is 7.82. The van der Waals surface area contributed by atoms with Gasteiger partial charge in [0.1, 0.15) is 0 Å². The van der Waals surface area contributed by atoms with E-state index in [0.717, 1.165) is 5.69 Å². The van der Waals surface area contributed by atoms with Crippen molar-refractivity contribution in [2.24, 2.45) is 0 Å². The first-order chi connectivity index (χ1) is 11.5. The Labute approximate surface area is 139 Å². The van der Waals surface area contributed by atoms with E-state index in [0.29, 0.717) is 31.8 Å². The van der Waals surface area contributed by atoms with E-state index in [-0.39, 0.29) is 24.9 Å². The molecule has 0 saturated carbocycles. The maximum atomic E-state index is 12.6. The molecule has 0 aromatic heterocycles. The van der Waals surface area contributed by atoms with Crippen molar-refractivity contribution >= 4 is 23.6 Å². The first kappa shape index (κ1) is 16.3. The number of carbonyl (C=O) groups excluding carboxylic acids is 2. The SMILES string of the molecule is O=C(O)CC1CN(C(=O)c2ccc(N3CCNC3=O)cc2)CCO1. The zero-order valence-electron chi connectivity index (χ0n) is 13.1. The van der Waals surface area contributed by atoms with Crippen molar-refractivity contribution < 1.29 is 24.2 Å². The van der Waals surface area contributed by atoms with Gasteiger partial charge in [-0.15, -0.1) is 0 Å². The summed E-state index contributed by atoms with van der Waals surface area (Å²) in [7, 11) is 0. The van der Waals surface area contributed by atoms with E-state index >= 15 is 0 Å². The molecule has 2 aliphatic rings. The van der Waals surface area contributed by atoms with Gasteiger partial charge < -0.3 is 20.1 Å². The molecule has 2 aliphatic heterocycles. The van der Waals surface area contributed by atoms with Crippen LogP contribution in [0, 0.1) is 0 Å². The number of carbonyl (C=O) groups is 3. The number of hydrogen-bond acceptors (Lipinski definition) is 4. The van der Waals surface area contributed by atoms with E-state index in [2.05, 4.69) is 5.32 Å². The minimum atomic E-state index is -0.942. The highest BCUT2D eigenvalue weighted by molar-refractivity contribution is 5.97. The molecule has 8 nitrogen and oxygen atoms in total. The van der Waals surface area contributed by atoms with Crippen molar-refractivity contribution in [3.63, 3.8) is 0 Å². The van der Waals surface area contributed by atoms with Crippen LogP contribution in [0.2, 0.25) is 0 Å². The predicted octanol–water partition coefficient (Wildman–Crippen LogP) is 0.532. The highest BCUT2D eigenvalue weighted by Crippen LogP contribution is 2.19. The lowest BCUT2D eigenvalue weighted by Gasteiger charge is -2.32. The molecule has 2 fully saturated rings. The number of amides is 3. The minimum absolute atomic E-state index is 0.118. The molecule has 0 bridgehead atoms. The summed E-state index contributed by atoms with van der Waals surface area (Å²) >= 11 is 0. The van der Waals surface area contributed by atoms with Crippen LogP contribution in [0.4, 0.5) is 10.5 Å². The number of carboxylic acids is 1. The number of nitrogens with zero attached hydrogens (tertiary/aromatic N) is 2. The molecule has 0 spiro atoms. The summed E-state index contributed by atoms with van der Waals surface area (Å²) in [6.07, 6.45) is -0.597. The van der Waals surface area contributed by atoms with Crippen molar-refractivity contribution in [1.82, 2.24) is 10.2 Å². The number of benzene rings is 1. The van der Waals surface area contributed by atoms with E-state index < -0.39 is 12.1 Å². The lowest BCUT2D eigenvalue weighted by atomic mass is 10.1. The normalized spacial score (nSPS) is 20.8. The minimum Gasteiger partial charge on any atom is -0.481 e. The maximum Gasteiger partial charge on any atom is 0.321 e. The molecule has 24 heavy (non-hydrogen) atoms. The topological polar surface area (TPSA) is 99.2 Å². The molecular weight excluding hydrogens is 314 g/mol. The van der Waals surface area contributed by atoms with Crippen LogP contribution in [0.1, 0.15) is 16.8 Å². The zero-order chi connectivity index (χ0) is 17.1. The molecule has 2 saturated heterocycles. The van der Waals surface area contributed by atoms with Crippen LogP contribution < -0.4 is 10.2 Å². The second-order valence-electron chi connectivity index (χ2n) is 5.77. The molecule has 2 heterocycles. The third-order valence-electron chi connectivity index (χ3n) is 4.11. The largest absolute Gasteiger partial charge is 0.481 e. The van der Waals surface area contributed by atoms with E-state index in [4.69, 9.17) is 9.84 Å². The summed E-state index contributed by atoms with van der Waals surface area (Å²) in [5.41, 5.74) is 1.25.